The van der Waals surface area contributed by atoms with E-state index >= 15 is 0 Å². The molecule has 0 heterocycles. The van der Waals surface area contributed by atoms with Crippen LogP contribution in [-0.2, 0) is 32.6 Å². The van der Waals surface area contributed by atoms with Crippen LogP contribution in [0.3, 0.4) is 0 Å². The number of carbonyl (C=O) groups is 2. The van der Waals surface area contributed by atoms with Crippen molar-refractivity contribution < 1.29 is 22.7 Å². The second-order valence-electron chi connectivity index (χ2n) is 10.3. The number of amides is 2. The molecule has 0 aliphatic rings. The maximum Gasteiger partial charge on any atom is 0.264 e. The van der Waals surface area contributed by atoms with E-state index in [1.54, 1.807) is 30.3 Å². The zero-order valence-corrected chi connectivity index (χ0v) is 28.2. The third-order valence-corrected chi connectivity index (χ3v) is 9.64. The number of hydrogen-bond donors (Lipinski definition) is 1. The van der Waals surface area contributed by atoms with Gasteiger partial charge in [-0.3, -0.25) is 13.9 Å². The molecule has 0 aliphatic carbocycles. The maximum absolute atomic E-state index is 14.5. The molecule has 0 unspecified atom stereocenters. The van der Waals surface area contributed by atoms with Gasteiger partial charge in [-0.15, -0.1) is 0 Å². The van der Waals surface area contributed by atoms with E-state index in [2.05, 4.69) is 21.2 Å². The van der Waals surface area contributed by atoms with Gasteiger partial charge in [0, 0.05) is 29.0 Å². The Balaban J connectivity index is 1.83. The minimum Gasteiger partial charge on any atom is -0.495 e. The van der Waals surface area contributed by atoms with Gasteiger partial charge in [0.1, 0.15) is 18.3 Å². The van der Waals surface area contributed by atoms with E-state index in [4.69, 9.17) is 16.3 Å². The van der Waals surface area contributed by atoms with Crippen molar-refractivity contribution in [2.75, 3.05) is 24.5 Å². The molecule has 0 fully saturated rings. The standard InChI is InChI=1S/C34H35BrClN3O5S/c1-3-20-37-34(41)31(21-25-10-6-4-7-11-25)38(23-26-14-16-27(35)17-15-26)33(40)24-39(30-22-28(36)18-19-32(30)44-2)45(42,43)29-12-8-5-9-13-29/h4-19,22,31H,3,20-21,23-24H2,1-2H3,(H,37,41)/t31-/m0/s1. The molecule has 2 amide bonds. The van der Waals surface area contributed by atoms with E-state index in [0.717, 1.165) is 19.9 Å². The zero-order chi connectivity index (χ0) is 32.4. The van der Waals surface area contributed by atoms with Gasteiger partial charge in [0.2, 0.25) is 11.8 Å². The number of hydrogen-bond acceptors (Lipinski definition) is 5. The number of halogens is 2. The molecule has 0 saturated heterocycles. The second kappa shape index (κ2) is 15.9. The Morgan fingerprint density at radius 3 is 2.18 bits per heavy atom. The van der Waals surface area contributed by atoms with Gasteiger partial charge in [0.25, 0.3) is 10.0 Å². The van der Waals surface area contributed by atoms with Gasteiger partial charge in [-0.2, -0.15) is 0 Å². The molecule has 45 heavy (non-hydrogen) atoms. The minimum absolute atomic E-state index is 0.0131. The third-order valence-electron chi connectivity index (χ3n) is 7.11. The lowest BCUT2D eigenvalue weighted by Crippen LogP contribution is -2.53. The second-order valence-corrected chi connectivity index (χ2v) is 13.5. The van der Waals surface area contributed by atoms with Crippen LogP contribution in [0.5, 0.6) is 5.75 Å². The lowest BCUT2D eigenvalue weighted by atomic mass is 10.0. The maximum atomic E-state index is 14.5. The minimum atomic E-state index is -4.29. The van der Waals surface area contributed by atoms with E-state index in [9.17, 15) is 18.0 Å². The number of anilines is 1. The number of nitrogens with zero attached hydrogens (tertiary/aromatic N) is 2. The lowest BCUT2D eigenvalue weighted by Gasteiger charge is -2.34. The van der Waals surface area contributed by atoms with Crippen molar-refractivity contribution >= 4 is 55.1 Å². The summed E-state index contributed by atoms with van der Waals surface area (Å²) in [6.45, 7) is 1.83. The summed E-state index contributed by atoms with van der Waals surface area (Å²) in [5, 5.41) is 3.20. The molecule has 11 heteroatoms. The van der Waals surface area contributed by atoms with Crippen LogP contribution in [0.2, 0.25) is 5.02 Å². The molecule has 0 saturated carbocycles. The molecule has 4 rings (SSSR count). The van der Waals surface area contributed by atoms with E-state index in [0.29, 0.717) is 13.0 Å². The average Bonchev–Trinajstić information content (AvgIpc) is 3.05. The van der Waals surface area contributed by atoms with Crippen molar-refractivity contribution in [3.8, 4) is 5.75 Å². The van der Waals surface area contributed by atoms with Gasteiger partial charge in [-0.1, -0.05) is 95.1 Å². The van der Waals surface area contributed by atoms with Gasteiger partial charge >= 0.3 is 0 Å². The van der Waals surface area contributed by atoms with Crippen molar-refractivity contribution in [1.29, 1.82) is 0 Å². The highest BCUT2D eigenvalue weighted by Crippen LogP contribution is 2.35. The molecule has 0 aromatic heterocycles. The summed E-state index contributed by atoms with van der Waals surface area (Å²) in [5.74, 6) is -0.691. The van der Waals surface area contributed by atoms with Crippen LogP contribution in [0.1, 0.15) is 24.5 Å². The first-order chi connectivity index (χ1) is 21.6. The molecular weight excluding hydrogens is 678 g/mol. The van der Waals surface area contributed by atoms with Gasteiger partial charge in [0.15, 0.2) is 0 Å². The highest BCUT2D eigenvalue weighted by molar-refractivity contribution is 9.10. The highest BCUT2D eigenvalue weighted by Gasteiger charge is 2.35. The highest BCUT2D eigenvalue weighted by atomic mass is 79.9. The monoisotopic (exact) mass is 711 g/mol. The van der Waals surface area contributed by atoms with E-state index in [-0.39, 0.29) is 40.2 Å². The fraction of sp³-hybridized carbons (Fsp3) is 0.235. The fourth-order valence-corrected chi connectivity index (χ4v) is 6.67. The molecule has 4 aromatic carbocycles. The van der Waals surface area contributed by atoms with Gasteiger partial charge < -0.3 is 15.0 Å². The molecule has 236 valence electrons. The molecular formula is C34H35BrClN3O5S. The number of benzene rings is 4. The average molecular weight is 713 g/mol. The van der Waals surface area contributed by atoms with Crippen LogP contribution in [0, 0.1) is 0 Å². The van der Waals surface area contributed by atoms with Gasteiger partial charge in [-0.05, 0) is 60.0 Å². The van der Waals surface area contributed by atoms with E-state index in [1.165, 1.54) is 30.2 Å². The Kier molecular flexibility index (Phi) is 12.0. The molecule has 1 N–H and O–H groups in total. The Hall–Kier alpha value is -3.86. The molecule has 0 aliphatic heterocycles. The first kappa shape index (κ1) is 34.0. The predicted molar refractivity (Wildman–Crippen MR) is 181 cm³/mol. The zero-order valence-electron chi connectivity index (χ0n) is 25.0. The summed E-state index contributed by atoms with van der Waals surface area (Å²) in [5.41, 5.74) is 1.72. The Bertz CT molecular complexity index is 1690. The fourth-order valence-electron chi connectivity index (χ4n) is 4.80. The number of rotatable bonds is 14. The largest absolute Gasteiger partial charge is 0.495 e. The first-order valence-electron chi connectivity index (χ1n) is 14.4. The van der Waals surface area contributed by atoms with Crippen molar-refractivity contribution in [1.82, 2.24) is 10.2 Å². The quantitative estimate of drug-likeness (QED) is 0.162. The number of methoxy groups -OCH3 is 1. The molecule has 0 bridgehead atoms. The number of carbonyl (C=O) groups excluding carboxylic acids is 2. The van der Waals surface area contributed by atoms with Crippen molar-refractivity contribution in [3.05, 3.63) is 124 Å². The van der Waals surface area contributed by atoms with E-state index < -0.39 is 28.5 Å². The smallest absolute Gasteiger partial charge is 0.264 e. The summed E-state index contributed by atoms with van der Waals surface area (Å²) >= 11 is 9.78. The predicted octanol–water partition coefficient (Wildman–Crippen LogP) is 6.47. The topological polar surface area (TPSA) is 96.0 Å². The van der Waals surface area contributed by atoms with E-state index in [1.807, 2.05) is 61.5 Å². The van der Waals surface area contributed by atoms with Crippen molar-refractivity contribution in [3.63, 3.8) is 0 Å². The summed E-state index contributed by atoms with van der Waals surface area (Å²) in [4.78, 5) is 29.7. The summed E-state index contributed by atoms with van der Waals surface area (Å²) < 4.78 is 35.7. The van der Waals surface area contributed by atoms with Crippen LogP contribution < -0.4 is 14.4 Å². The molecule has 0 radical (unpaired) electrons. The summed E-state index contributed by atoms with van der Waals surface area (Å²) in [6.07, 6.45) is 0.937. The molecule has 4 aromatic rings. The Morgan fingerprint density at radius 2 is 1.56 bits per heavy atom. The molecule has 8 nitrogen and oxygen atoms in total. The van der Waals surface area contributed by atoms with Crippen LogP contribution in [0.25, 0.3) is 0 Å². The summed E-state index contributed by atoms with van der Waals surface area (Å²) in [6, 6.07) is 28.3. The van der Waals surface area contributed by atoms with Crippen LogP contribution in [0.15, 0.2) is 112 Å². The number of sulfonamides is 1. The Labute approximate surface area is 278 Å². The van der Waals surface area contributed by atoms with Crippen molar-refractivity contribution in [2.24, 2.45) is 0 Å². The lowest BCUT2D eigenvalue weighted by molar-refractivity contribution is -0.140. The SMILES string of the molecule is CCCNC(=O)[C@H](Cc1ccccc1)N(Cc1ccc(Br)cc1)C(=O)CN(c1cc(Cl)ccc1OC)S(=O)(=O)c1ccccc1. The summed E-state index contributed by atoms with van der Waals surface area (Å²) in [7, 11) is -2.88. The van der Waals surface area contributed by atoms with Crippen LogP contribution in [-0.4, -0.2) is 51.4 Å². The normalized spacial score (nSPS) is 11.8. The molecule has 0 spiro atoms. The van der Waals surface area contributed by atoms with Crippen molar-refractivity contribution in [2.45, 2.75) is 37.2 Å². The molecule has 1 atom stereocenters. The van der Waals surface area contributed by atoms with Crippen LogP contribution >= 0.6 is 27.5 Å². The van der Waals surface area contributed by atoms with Crippen LogP contribution in [0.4, 0.5) is 5.69 Å². The first-order valence-corrected chi connectivity index (χ1v) is 17.0. The number of ether oxygens (including phenoxy) is 1. The van der Waals surface area contributed by atoms with Gasteiger partial charge in [-0.25, -0.2) is 8.42 Å². The Morgan fingerprint density at radius 1 is 0.911 bits per heavy atom. The van der Waals surface area contributed by atoms with Gasteiger partial charge in [0.05, 0.1) is 17.7 Å². The third kappa shape index (κ3) is 8.87. The number of nitrogens with one attached hydrogen (secondary N) is 1.